The Bertz CT molecular complexity index is 881. The zero-order valence-corrected chi connectivity index (χ0v) is 15.9. The lowest BCUT2D eigenvalue weighted by atomic mass is 10.2. The van der Waals surface area contributed by atoms with Crippen LogP contribution in [0.2, 0.25) is 5.02 Å². The Morgan fingerprint density at radius 2 is 2.12 bits per heavy atom. The first-order chi connectivity index (χ1) is 12.5. The van der Waals surface area contributed by atoms with Crippen LogP contribution < -0.4 is 21.5 Å². The Labute approximate surface area is 162 Å². The lowest BCUT2D eigenvalue weighted by Gasteiger charge is -2.29. The van der Waals surface area contributed by atoms with E-state index in [0.29, 0.717) is 21.7 Å². The highest BCUT2D eigenvalue weighted by Gasteiger charge is 2.26. The van der Waals surface area contributed by atoms with Gasteiger partial charge in [0.25, 0.3) is 0 Å². The molecule has 7 nitrogen and oxygen atoms in total. The SMILES string of the molecule is CC1(Nc2nc(C(=S)N3CCNCC3)nc3ccc(Cl)cc23)C=CNN1. The van der Waals surface area contributed by atoms with Crippen LogP contribution in [0.3, 0.4) is 0 Å². The lowest BCUT2D eigenvalue weighted by Crippen LogP contribution is -2.48. The molecule has 0 aliphatic carbocycles. The van der Waals surface area contributed by atoms with Crippen LogP contribution in [-0.4, -0.2) is 51.7 Å². The van der Waals surface area contributed by atoms with Crippen molar-refractivity contribution in [3.05, 3.63) is 41.3 Å². The Morgan fingerprint density at radius 3 is 2.85 bits per heavy atom. The van der Waals surface area contributed by atoms with E-state index in [1.54, 1.807) is 0 Å². The first-order valence-electron chi connectivity index (χ1n) is 8.50. The fourth-order valence-electron chi connectivity index (χ4n) is 3.06. The predicted octanol–water partition coefficient (Wildman–Crippen LogP) is 1.61. The molecule has 0 saturated carbocycles. The van der Waals surface area contributed by atoms with E-state index >= 15 is 0 Å². The molecule has 4 N–H and O–H groups in total. The molecule has 4 rings (SSSR count). The third-order valence-corrected chi connectivity index (χ3v) is 5.14. The van der Waals surface area contributed by atoms with Crippen molar-refractivity contribution in [1.29, 1.82) is 0 Å². The summed E-state index contributed by atoms with van der Waals surface area (Å²) in [6, 6.07) is 5.59. The standard InChI is InChI=1S/C17H20ClN7S/c1-17(4-5-20-24-17)23-14-12-10-11(18)2-3-13(12)21-15(22-14)16(26)25-8-6-19-7-9-25/h2-5,10,19-20,24H,6-9H2,1H3,(H,21,22,23). The largest absolute Gasteiger partial charge is 0.357 e. The van der Waals surface area contributed by atoms with Gasteiger partial charge >= 0.3 is 0 Å². The summed E-state index contributed by atoms with van der Waals surface area (Å²) in [6.45, 7) is 5.54. The number of anilines is 1. The van der Waals surface area contributed by atoms with Gasteiger partial charge in [-0.1, -0.05) is 23.8 Å². The number of nitrogens with zero attached hydrogens (tertiary/aromatic N) is 3. The minimum absolute atomic E-state index is 0.475. The Morgan fingerprint density at radius 1 is 1.31 bits per heavy atom. The summed E-state index contributed by atoms with van der Waals surface area (Å²) in [5, 5.41) is 8.25. The number of aromatic nitrogens is 2. The van der Waals surface area contributed by atoms with Gasteiger partial charge in [0.05, 0.1) is 5.52 Å². The first kappa shape index (κ1) is 17.4. The summed E-state index contributed by atoms with van der Waals surface area (Å²) in [7, 11) is 0. The summed E-state index contributed by atoms with van der Waals surface area (Å²) in [5.41, 5.74) is 6.46. The molecule has 9 heteroatoms. The second-order valence-electron chi connectivity index (χ2n) is 6.53. The molecule has 26 heavy (non-hydrogen) atoms. The lowest BCUT2D eigenvalue weighted by molar-refractivity contribution is 0.362. The minimum atomic E-state index is -0.475. The fraction of sp³-hybridized carbons (Fsp3) is 0.353. The monoisotopic (exact) mass is 389 g/mol. The Kier molecular flexibility index (Phi) is 4.66. The van der Waals surface area contributed by atoms with Gasteiger partial charge in [0.2, 0.25) is 0 Å². The van der Waals surface area contributed by atoms with E-state index in [0.717, 1.165) is 37.1 Å². The van der Waals surface area contributed by atoms with Crippen molar-refractivity contribution >= 4 is 45.5 Å². The summed E-state index contributed by atoms with van der Waals surface area (Å²) < 4.78 is 0. The summed E-state index contributed by atoms with van der Waals surface area (Å²) in [6.07, 6.45) is 3.83. The molecular formula is C17H20ClN7S. The maximum Gasteiger partial charge on any atom is 0.189 e. The van der Waals surface area contributed by atoms with Gasteiger partial charge in [-0.15, -0.1) is 0 Å². The van der Waals surface area contributed by atoms with Gasteiger partial charge in [-0.3, -0.25) is 0 Å². The maximum absolute atomic E-state index is 6.20. The quantitative estimate of drug-likeness (QED) is 0.590. The highest BCUT2D eigenvalue weighted by atomic mass is 35.5. The molecule has 0 bridgehead atoms. The van der Waals surface area contributed by atoms with Gasteiger partial charge in [-0.2, -0.15) is 0 Å². The van der Waals surface area contributed by atoms with Crippen LogP contribution in [0.15, 0.2) is 30.5 Å². The van der Waals surface area contributed by atoms with Crippen molar-refractivity contribution in [2.75, 3.05) is 31.5 Å². The molecule has 1 fully saturated rings. The highest BCUT2D eigenvalue weighted by Crippen LogP contribution is 2.27. The third-order valence-electron chi connectivity index (χ3n) is 4.46. The van der Waals surface area contributed by atoms with Gasteiger partial charge in [0.1, 0.15) is 16.5 Å². The zero-order valence-electron chi connectivity index (χ0n) is 14.3. The summed E-state index contributed by atoms with van der Waals surface area (Å²) >= 11 is 11.9. The molecule has 2 aliphatic rings. The second-order valence-corrected chi connectivity index (χ2v) is 7.35. The topological polar surface area (TPSA) is 77.1 Å². The molecule has 1 aromatic carbocycles. The predicted molar refractivity (Wildman–Crippen MR) is 108 cm³/mol. The van der Waals surface area contributed by atoms with Crippen LogP contribution >= 0.6 is 23.8 Å². The molecule has 0 spiro atoms. The van der Waals surface area contributed by atoms with Crippen LogP contribution in [-0.2, 0) is 0 Å². The zero-order chi connectivity index (χ0) is 18.1. The molecule has 1 saturated heterocycles. The molecule has 2 aliphatic heterocycles. The molecule has 0 amide bonds. The van der Waals surface area contributed by atoms with Gasteiger partial charge < -0.3 is 21.0 Å². The molecule has 136 valence electrons. The van der Waals surface area contributed by atoms with Crippen molar-refractivity contribution in [3.63, 3.8) is 0 Å². The van der Waals surface area contributed by atoms with E-state index in [1.165, 1.54) is 0 Å². The van der Waals surface area contributed by atoms with Crippen molar-refractivity contribution < 1.29 is 0 Å². The van der Waals surface area contributed by atoms with E-state index in [4.69, 9.17) is 28.8 Å². The average molecular weight is 390 g/mol. The number of rotatable bonds is 3. The molecule has 1 aromatic heterocycles. The normalized spacial score (nSPS) is 22.5. The summed E-state index contributed by atoms with van der Waals surface area (Å²) in [4.78, 5) is 12.2. The number of nitrogens with one attached hydrogen (secondary N) is 4. The Balaban J connectivity index is 1.75. The van der Waals surface area contributed by atoms with E-state index in [-0.39, 0.29) is 0 Å². The van der Waals surface area contributed by atoms with Crippen molar-refractivity contribution in [2.45, 2.75) is 12.6 Å². The number of fused-ring (bicyclic) bond motifs is 1. The maximum atomic E-state index is 6.20. The third kappa shape index (κ3) is 3.45. The van der Waals surface area contributed by atoms with E-state index in [1.807, 2.05) is 37.4 Å². The number of halogens is 1. The van der Waals surface area contributed by atoms with E-state index < -0.39 is 5.66 Å². The average Bonchev–Trinajstić information content (AvgIpc) is 3.08. The number of piperazine rings is 1. The van der Waals surface area contributed by atoms with Gasteiger partial charge in [-0.25, -0.2) is 15.4 Å². The van der Waals surface area contributed by atoms with Crippen molar-refractivity contribution in [2.24, 2.45) is 0 Å². The Hall–Kier alpha value is -2.00. The number of hydrogen-bond donors (Lipinski definition) is 4. The van der Waals surface area contributed by atoms with Gasteiger partial charge in [0.15, 0.2) is 5.82 Å². The van der Waals surface area contributed by atoms with Crippen molar-refractivity contribution in [3.8, 4) is 0 Å². The van der Waals surface area contributed by atoms with E-state index in [2.05, 4.69) is 31.4 Å². The molecule has 1 unspecified atom stereocenters. The number of benzene rings is 1. The van der Waals surface area contributed by atoms with Crippen LogP contribution in [0, 0.1) is 0 Å². The van der Waals surface area contributed by atoms with Crippen molar-refractivity contribution in [1.82, 2.24) is 31.0 Å². The number of hydrogen-bond acceptors (Lipinski definition) is 7. The molecule has 2 aromatic rings. The van der Waals surface area contributed by atoms with Crippen LogP contribution in [0.5, 0.6) is 0 Å². The van der Waals surface area contributed by atoms with Crippen LogP contribution in [0.1, 0.15) is 12.7 Å². The smallest absolute Gasteiger partial charge is 0.189 e. The fourth-order valence-corrected chi connectivity index (χ4v) is 3.51. The van der Waals surface area contributed by atoms with Gasteiger partial charge in [-0.05, 0) is 31.2 Å². The molecule has 1 atom stereocenters. The summed E-state index contributed by atoms with van der Waals surface area (Å²) in [5.74, 6) is 1.24. The highest BCUT2D eigenvalue weighted by molar-refractivity contribution is 7.80. The molecule has 0 radical (unpaired) electrons. The molecular weight excluding hydrogens is 370 g/mol. The number of hydrazine groups is 1. The van der Waals surface area contributed by atoms with Crippen LogP contribution in [0.25, 0.3) is 10.9 Å². The number of thiocarbonyl (C=S) groups is 1. The minimum Gasteiger partial charge on any atom is -0.357 e. The first-order valence-corrected chi connectivity index (χ1v) is 9.29. The molecule has 3 heterocycles. The van der Waals surface area contributed by atoms with E-state index in [9.17, 15) is 0 Å². The second kappa shape index (κ2) is 6.96. The van der Waals surface area contributed by atoms with Crippen LogP contribution in [0.4, 0.5) is 5.82 Å². The van der Waals surface area contributed by atoms with Gasteiger partial charge in [0, 0.05) is 42.8 Å².